The Bertz CT molecular complexity index is 792. The Kier molecular flexibility index (Phi) is 6.05. The number of aryl methyl sites for hydroxylation is 1. The molecule has 0 aliphatic carbocycles. The number of carbonyl (C=O) groups is 1. The van der Waals surface area contributed by atoms with Gasteiger partial charge in [-0.3, -0.25) is 9.78 Å². The van der Waals surface area contributed by atoms with Crippen LogP contribution in [0.4, 0.5) is 0 Å². The van der Waals surface area contributed by atoms with Crippen LogP contribution >= 0.6 is 0 Å². The van der Waals surface area contributed by atoms with Gasteiger partial charge in [0.1, 0.15) is 0 Å². The van der Waals surface area contributed by atoms with E-state index in [1.54, 1.807) is 48.4 Å². The SMILES string of the molecule is CC(=O)N(CCNS(=O)(=O)c1ccccc1C)Cc1ccccn1. The Morgan fingerprint density at radius 1 is 1.17 bits per heavy atom. The lowest BCUT2D eigenvalue weighted by Crippen LogP contribution is -2.37. The van der Waals surface area contributed by atoms with Gasteiger partial charge in [0, 0.05) is 26.2 Å². The first-order valence-corrected chi connectivity index (χ1v) is 9.09. The molecule has 0 saturated carbocycles. The maximum absolute atomic E-state index is 12.3. The minimum atomic E-state index is -3.59. The zero-order valence-electron chi connectivity index (χ0n) is 13.8. The largest absolute Gasteiger partial charge is 0.336 e. The van der Waals surface area contributed by atoms with Crippen LogP contribution < -0.4 is 4.72 Å². The van der Waals surface area contributed by atoms with Crippen molar-refractivity contribution in [2.45, 2.75) is 25.3 Å². The first kappa shape index (κ1) is 18.1. The van der Waals surface area contributed by atoms with Crippen LogP contribution in [0.2, 0.25) is 0 Å². The summed E-state index contributed by atoms with van der Waals surface area (Å²) in [7, 11) is -3.59. The number of amides is 1. The Hall–Kier alpha value is -2.25. The summed E-state index contributed by atoms with van der Waals surface area (Å²) in [5.41, 5.74) is 1.44. The minimum Gasteiger partial charge on any atom is -0.336 e. The van der Waals surface area contributed by atoms with Crippen molar-refractivity contribution in [2.24, 2.45) is 0 Å². The monoisotopic (exact) mass is 347 g/mol. The molecule has 0 saturated heterocycles. The van der Waals surface area contributed by atoms with Gasteiger partial charge in [0.2, 0.25) is 15.9 Å². The number of sulfonamides is 1. The van der Waals surface area contributed by atoms with E-state index in [0.717, 1.165) is 5.69 Å². The van der Waals surface area contributed by atoms with Crippen molar-refractivity contribution >= 4 is 15.9 Å². The number of hydrogen-bond donors (Lipinski definition) is 1. The first-order chi connectivity index (χ1) is 11.4. The van der Waals surface area contributed by atoms with E-state index in [1.807, 2.05) is 12.1 Å². The summed E-state index contributed by atoms with van der Waals surface area (Å²) in [5.74, 6) is -0.129. The molecule has 0 aliphatic rings. The summed E-state index contributed by atoms with van der Waals surface area (Å²) in [6.45, 7) is 3.97. The van der Waals surface area contributed by atoms with Crippen molar-refractivity contribution in [1.29, 1.82) is 0 Å². The second-order valence-corrected chi connectivity index (χ2v) is 7.16. The van der Waals surface area contributed by atoms with Gasteiger partial charge in [-0.1, -0.05) is 24.3 Å². The Labute approximate surface area is 142 Å². The zero-order chi connectivity index (χ0) is 17.6. The van der Waals surface area contributed by atoms with Gasteiger partial charge in [-0.15, -0.1) is 0 Å². The van der Waals surface area contributed by atoms with Crippen molar-refractivity contribution in [3.8, 4) is 0 Å². The highest BCUT2D eigenvalue weighted by Gasteiger charge is 2.17. The van der Waals surface area contributed by atoms with Crippen LogP contribution in [0.25, 0.3) is 0 Å². The molecule has 0 fully saturated rings. The van der Waals surface area contributed by atoms with Crippen molar-refractivity contribution < 1.29 is 13.2 Å². The number of nitrogens with one attached hydrogen (secondary N) is 1. The van der Waals surface area contributed by atoms with Gasteiger partial charge in [-0.25, -0.2) is 13.1 Å². The highest BCUT2D eigenvalue weighted by molar-refractivity contribution is 7.89. The van der Waals surface area contributed by atoms with Crippen molar-refractivity contribution in [3.05, 3.63) is 59.9 Å². The lowest BCUT2D eigenvalue weighted by molar-refractivity contribution is -0.129. The number of benzene rings is 1. The molecular formula is C17H21N3O3S. The second kappa shape index (κ2) is 8.03. The van der Waals surface area contributed by atoms with Crippen LogP contribution in [0.15, 0.2) is 53.6 Å². The third-order valence-corrected chi connectivity index (χ3v) is 5.20. The Morgan fingerprint density at radius 3 is 2.50 bits per heavy atom. The Morgan fingerprint density at radius 2 is 1.88 bits per heavy atom. The van der Waals surface area contributed by atoms with Gasteiger partial charge in [0.15, 0.2) is 0 Å². The number of hydrogen-bond acceptors (Lipinski definition) is 4. The predicted molar refractivity (Wildman–Crippen MR) is 91.7 cm³/mol. The molecule has 1 aromatic heterocycles. The molecule has 0 bridgehead atoms. The predicted octanol–water partition coefficient (Wildman–Crippen LogP) is 1.72. The van der Waals surface area contributed by atoms with E-state index in [0.29, 0.717) is 12.1 Å². The molecule has 6 nitrogen and oxygen atoms in total. The molecule has 0 radical (unpaired) electrons. The quantitative estimate of drug-likeness (QED) is 0.827. The summed E-state index contributed by atoms with van der Waals surface area (Å²) in [5, 5.41) is 0. The molecule has 1 amide bonds. The molecule has 0 atom stereocenters. The van der Waals surface area contributed by atoms with Gasteiger partial charge >= 0.3 is 0 Å². The molecule has 128 valence electrons. The first-order valence-electron chi connectivity index (χ1n) is 7.61. The lowest BCUT2D eigenvalue weighted by Gasteiger charge is -2.21. The van der Waals surface area contributed by atoms with E-state index in [-0.39, 0.29) is 23.9 Å². The van der Waals surface area contributed by atoms with E-state index in [2.05, 4.69) is 9.71 Å². The minimum absolute atomic E-state index is 0.129. The summed E-state index contributed by atoms with van der Waals surface area (Å²) >= 11 is 0. The van der Waals surface area contributed by atoms with Gasteiger partial charge in [-0.2, -0.15) is 0 Å². The molecule has 7 heteroatoms. The summed E-state index contributed by atoms with van der Waals surface area (Å²) in [6.07, 6.45) is 1.66. The molecule has 1 aromatic carbocycles. The number of rotatable bonds is 7. The topological polar surface area (TPSA) is 79.4 Å². The highest BCUT2D eigenvalue weighted by Crippen LogP contribution is 2.13. The van der Waals surface area contributed by atoms with E-state index in [1.165, 1.54) is 6.92 Å². The van der Waals surface area contributed by atoms with Gasteiger partial charge in [0.05, 0.1) is 17.1 Å². The van der Waals surface area contributed by atoms with E-state index in [4.69, 9.17) is 0 Å². The van der Waals surface area contributed by atoms with Gasteiger partial charge < -0.3 is 4.90 Å². The van der Waals surface area contributed by atoms with Crippen LogP contribution in [-0.4, -0.2) is 37.3 Å². The van der Waals surface area contributed by atoms with E-state index < -0.39 is 10.0 Å². The van der Waals surface area contributed by atoms with Crippen LogP contribution in [-0.2, 0) is 21.4 Å². The standard InChI is InChI=1S/C17H21N3O3S/c1-14-7-3-4-9-17(14)24(22,23)19-11-12-20(15(2)21)13-16-8-5-6-10-18-16/h3-10,19H,11-13H2,1-2H3. The third kappa shape index (κ3) is 4.87. The maximum Gasteiger partial charge on any atom is 0.240 e. The molecule has 2 rings (SSSR count). The van der Waals surface area contributed by atoms with Crippen molar-refractivity contribution in [3.63, 3.8) is 0 Å². The number of nitrogens with zero attached hydrogens (tertiary/aromatic N) is 2. The van der Waals surface area contributed by atoms with Crippen LogP contribution in [0.1, 0.15) is 18.2 Å². The fourth-order valence-corrected chi connectivity index (χ4v) is 3.55. The molecule has 1 heterocycles. The normalized spacial score (nSPS) is 11.2. The fraction of sp³-hybridized carbons (Fsp3) is 0.294. The molecule has 0 aliphatic heterocycles. The smallest absolute Gasteiger partial charge is 0.240 e. The van der Waals surface area contributed by atoms with E-state index >= 15 is 0 Å². The highest BCUT2D eigenvalue weighted by atomic mass is 32.2. The van der Waals surface area contributed by atoms with E-state index in [9.17, 15) is 13.2 Å². The molecule has 24 heavy (non-hydrogen) atoms. The average molecular weight is 347 g/mol. The summed E-state index contributed by atoms with van der Waals surface area (Å²) in [4.78, 5) is 17.7. The second-order valence-electron chi connectivity index (χ2n) is 5.42. The summed E-state index contributed by atoms with van der Waals surface area (Å²) < 4.78 is 27.2. The number of aromatic nitrogens is 1. The third-order valence-electron chi connectivity index (χ3n) is 3.58. The van der Waals surface area contributed by atoms with Crippen LogP contribution in [0.3, 0.4) is 0 Å². The molecule has 2 aromatic rings. The van der Waals surface area contributed by atoms with Gasteiger partial charge in [0.25, 0.3) is 0 Å². The molecule has 0 unspecified atom stereocenters. The molecule has 1 N–H and O–H groups in total. The lowest BCUT2D eigenvalue weighted by atomic mass is 10.2. The Balaban J connectivity index is 1.98. The van der Waals surface area contributed by atoms with Crippen LogP contribution in [0.5, 0.6) is 0 Å². The number of carbonyl (C=O) groups excluding carboxylic acids is 1. The summed E-state index contributed by atoms with van der Waals surface area (Å²) in [6, 6.07) is 12.3. The van der Waals surface area contributed by atoms with Crippen LogP contribution in [0, 0.1) is 6.92 Å². The van der Waals surface area contributed by atoms with Gasteiger partial charge in [-0.05, 0) is 30.7 Å². The molecule has 0 spiro atoms. The van der Waals surface area contributed by atoms with Crippen molar-refractivity contribution in [2.75, 3.05) is 13.1 Å². The molecular weight excluding hydrogens is 326 g/mol. The zero-order valence-corrected chi connectivity index (χ0v) is 14.6. The maximum atomic E-state index is 12.3. The fourth-order valence-electron chi connectivity index (χ4n) is 2.29. The average Bonchev–Trinajstić information content (AvgIpc) is 2.55. The number of pyridine rings is 1. The van der Waals surface area contributed by atoms with Crippen molar-refractivity contribution in [1.82, 2.24) is 14.6 Å².